The Morgan fingerprint density at radius 2 is 1.62 bits per heavy atom. The summed E-state index contributed by atoms with van der Waals surface area (Å²) in [5.74, 6) is 0.684. The second-order valence-electron chi connectivity index (χ2n) is 9.77. The van der Waals surface area contributed by atoms with E-state index in [-0.39, 0.29) is 11.0 Å². The molecule has 2 N–H and O–H groups in total. The van der Waals surface area contributed by atoms with Gasteiger partial charge in [-0.15, -0.1) is 0 Å². The monoisotopic (exact) mass is 618 g/mol. The predicted octanol–water partition coefficient (Wildman–Crippen LogP) is 7.05. The molecule has 2 heterocycles. The largest absolute Gasteiger partial charge is 0.457 e. The molecule has 1 saturated heterocycles. The van der Waals surface area contributed by atoms with E-state index in [1.54, 1.807) is 36.4 Å². The molecule has 10 heteroatoms. The summed E-state index contributed by atoms with van der Waals surface area (Å²) in [7, 11) is 0. The topological polar surface area (TPSA) is 77.8 Å². The van der Waals surface area contributed by atoms with Gasteiger partial charge in [0.2, 0.25) is 5.91 Å². The van der Waals surface area contributed by atoms with Crippen molar-refractivity contribution in [1.82, 2.24) is 10.2 Å². The number of rotatable bonds is 6. The van der Waals surface area contributed by atoms with Crippen LogP contribution in [-0.4, -0.2) is 48.0 Å². The molecule has 1 fully saturated rings. The molecule has 0 atom stereocenters. The number of hydrogen-bond donors (Lipinski definition) is 2. The van der Waals surface area contributed by atoms with E-state index in [4.69, 9.17) is 39.8 Å². The average Bonchev–Trinajstić information content (AvgIpc) is 3.47. The Bertz CT molecular complexity index is 1630. The SMILES string of the molecule is Cc1ccc(C(=O)N2CCN(c3ccc(NC(=S)NC(=O)/C=C/c4ccc(-c5cccc(Cl)c5Cl)o4)cc3)CC2)cc1. The molecule has 3 aromatic carbocycles. The van der Waals surface area contributed by atoms with Gasteiger partial charge in [0.25, 0.3) is 5.91 Å². The molecule has 214 valence electrons. The van der Waals surface area contributed by atoms with Gasteiger partial charge in [-0.1, -0.05) is 47.0 Å². The highest BCUT2D eigenvalue weighted by Gasteiger charge is 2.22. The number of nitrogens with one attached hydrogen (secondary N) is 2. The van der Waals surface area contributed by atoms with Gasteiger partial charge in [0, 0.05) is 54.8 Å². The molecule has 0 spiro atoms. The van der Waals surface area contributed by atoms with Crippen LogP contribution >= 0.6 is 35.4 Å². The molecule has 42 heavy (non-hydrogen) atoms. The Kier molecular flexibility index (Phi) is 9.27. The molecule has 1 aliphatic rings. The van der Waals surface area contributed by atoms with Gasteiger partial charge in [-0.3, -0.25) is 14.9 Å². The molecule has 1 aliphatic heterocycles. The molecule has 5 rings (SSSR count). The van der Waals surface area contributed by atoms with Crippen molar-refractivity contribution in [3.63, 3.8) is 0 Å². The van der Waals surface area contributed by atoms with Crippen LogP contribution in [0, 0.1) is 6.92 Å². The number of carbonyl (C=O) groups excluding carboxylic acids is 2. The highest BCUT2D eigenvalue weighted by Crippen LogP contribution is 2.34. The second kappa shape index (κ2) is 13.2. The molecule has 7 nitrogen and oxygen atoms in total. The van der Waals surface area contributed by atoms with Crippen molar-refractivity contribution in [2.75, 3.05) is 36.4 Å². The smallest absolute Gasteiger partial charge is 0.253 e. The maximum absolute atomic E-state index is 12.8. The van der Waals surface area contributed by atoms with Crippen molar-refractivity contribution in [3.05, 3.63) is 112 Å². The van der Waals surface area contributed by atoms with E-state index in [1.807, 2.05) is 60.4 Å². The van der Waals surface area contributed by atoms with Crippen molar-refractivity contribution >= 4 is 69.8 Å². The maximum atomic E-state index is 12.8. The molecule has 0 unspecified atom stereocenters. The van der Waals surface area contributed by atoms with E-state index >= 15 is 0 Å². The van der Waals surface area contributed by atoms with Crippen molar-refractivity contribution in [1.29, 1.82) is 0 Å². The molecule has 2 amide bonds. The highest BCUT2D eigenvalue weighted by molar-refractivity contribution is 7.80. The fourth-order valence-corrected chi connectivity index (χ4v) is 5.17. The number of piperazine rings is 1. The van der Waals surface area contributed by atoms with Crippen LogP contribution in [0.2, 0.25) is 10.0 Å². The second-order valence-corrected chi connectivity index (χ2v) is 11.0. The normalized spacial score (nSPS) is 13.3. The van der Waals surface area contributed by atoms with E-state index in [2.05, 4.69) is 15.5 Å². The van der Waals surface area contributed by atoms with Crippen molar-refractivity contribution in [3.8, 4) is 11.3 Å². The number of nitrogens with zero attached hydrogens (tertiary/aromatic N) is 2. The lowest BCUT2D eigenvalue weighted by Crippen LogP contribution is -2.48. The molecule has 0 radical (unpaired) electrons. The first-order chi connectivity index (χ1) is 20.3. The number of hydrogen-bond acceptors (Lipinski definition) is 5. The number of amides is 2. The molecule has 1 aromatic heterocycles. The first kappa shape index (κ1) is 29.4. The van der Waals surface area contributed by atoms with Crippen LogP contribution < -0.4 is 15.5 Å². The number of thiocarbonyl (C=S) groups is 1. The van der Waals surface area contributed by atoms with Crippen molar-refractivity contribution in [2.45, 2.75) is 6.92 Å². The lowest BCUT2D eigenvalue weighted by molar-refractivity contribution is -0.115. The van der Waals surface area contributed by atoms with E-state index in [1.165, 1.54) is 6.08 Å². The Morgan fingerprint density at radius 3 is 2.33 bits per heavy atom. The van der Waals surface area contributed by atoms with Crippen LogP contribution in [0.1, 0.15) is 21.7 Å². The van der Waals surface area contributed by atoms with Crippen LogP contribution in [0.15, 0.2) is 89.4 Å². The average molecular weight is 620 g/mol. The van der Waals surface area contributed by atoms with E-state index in [9.17, 15) is 9.59 Å². The van der Waals surface area contributed by atoms with Crippen LogP contribution in [0.25, 0.3) is 17.4 Å². The maximum Gasteiger partial charge on any atom is 0.253 e. The summed E-state index contributed by atoms with van der Waals surface area (Å²) in [4.78, 5) is 29.3. The molecule has 0 aliphatic carbocycles. The van der Waals surface area contributed by atoms with E-state index in [0.717, 1.165) is 35.6 Å². The molecular weight excluding hydrogens is 591 g/mol. The number of halogens is 2. The number of anilines is 2. The van der Waals surface area contributed by atoms with Crippen LogP contribution in [0.3, 0.4) is 0 Å². The lowest BCUT2D eigenvalue weighted by atomic mass is 10.1. The Labute approximate surface area is 259 Å². The Morgan fingerprint density at radius 1 is 0.905 bits per heavy atom. The minimum atomic E-state index is -0.402. The number of carbonyl (C=O) groups is 2. The van der Waals surface area contributed by atoms with Gasteiger partial charge in [-0.2, -0.15) is 0 Å². The van der Waals surface area contributed by atoms with Gasteiger partial charge in [0.05, 0.1) is 10.0 Å². The predicted molar refractivity (Wildman–Crippen MR) is 173 cm³/mol. The van der Waals surface area contributed by atoms with Crippen LogP contribution in [0.4, 0.5) is 11.4 Å². The highest BCUT2D eigenvalue weighted by atomic mass is 35.5. The first-order valence-corrected chi connectivity index (χ1v) is 14.5. The van der Waals surface area contributed by atoms with Gasteiger partial charge in [-0.25, -0.2) is 0 Å². The summed E-state index contributed by atoms with van der Waals surface area (Å²) >= 11 is 17.7. The molecule has 4 aromatic rings. The van der Waals surface area contributed by atoms with Gasteiger partial charge in [-0.05, 0) is 85.9 Å². The zero-order valence-corrected chi connectivity index (χ0v) is 25.1. The van der Waals surface area contributed by atoms with Gasteiger partial charge < -0.3 is 19.5 Å². The molecule has 0 saturated carbocycles. The fourth-order valence-electron chi connectivity index (χ4n) is 4.56. The summed E-state index contributed by atoms with van der Waals surface area (Å²) in [6, 6.07) is 24.3. The first-order valence-electron chi connectivity index (χ1n) is 13.3. The number of aryl methyl sites for hydroxylation is 1. The van der Waals surface area contributed by atoms with E-state index < -0.39 is 5.91 Å². The number of benzene rings is 3. The van der Waals surface area contributed by atoms with E-state index in [0.29, 0.717) is 40.2 Å². The number of furan rings is 1. The zero-order chi connectivity index (χ0) is 29.6. The molecular formula is C32H28Cl2N4O3S. The van der Waals surface area contributed by atoms with Crippen LogP contribution in [-0.2, 0) is 4.79 Å². The van der Waals surface area contributed by atoms with Crippen molar-refractivity contribution in [2.24, 2.45) is 0 Å². The third kappa shape index (κ3) is 7.20. The summed E-state index contributed by atoms with van der Waals surface area (Å²) in [5.41, 5.74) is 4.32. The lowest BCUT2D eigenvalue weighted by Gasteiger charge is -2.36. The molecule has 0 bridgehead atoms. The van der Waals surface area contributed by atoms with Crippen LogP contribution in [0.5, 0.6) is 0 Å². The third-order valence-electron chi connectivity index (χ3n) is 6.84. The summed E-state index contributed by atoms with van der Waals surface area (Å²) in [6.45, 7) is 4.81. The zero-order valence-electron chi connectivity index (χ0n) is 22.8. The Hall–Kier alpha value is -4.11. The standard InChI is InChI=1S/C32H28Cl2N4O3S/c1-21-5-7-22(8-6-21)31(40)38-19-17-37(18-20-38)24-11-9-23(10-12-24)35-32(42)36-29(39)16-14-25-13-15-28(41-25)26-3-2-4-27(33)30(26)34/h2-16H,17-20H2,1H3,(H2,35,36,39,42)/b16-14+. The van der Waals surface area contributed by atoms with Crippen molar-refractivity contribution < 1.29 is 14.0 Å². The minimum absolute atomic E-state index is 0.0657. The van der Waals surface area contributed by atoms with Gasteiger partial charge in [0.1, 0.15) is 11.5 Å². The summed E-state index contributed by atoms with van der Waals surface area (Å²) < 4.78 is 5.78. The summed E-state index contributed by atoms with van der Waals surface area (Å²) in [6.07, 6.45) is 2.88. The quantitative estimate of drug-likeness (QED) is 0.178. The minimum Gasteiger partial charge on any atom is -0.457 e. The van der Waals surface area contributed by atoms with Gasteiger partial charge >= 0.3 is 0 Å². The third-order valence-corrected chi connectivity index (χ3v) is 7.86. The Balaban J connectivity index is 1.09. The fraction of sp³-hybridized carbons (Fsp3) is 0.156. The van der Waals surface area contributed by atoms with Gasteiger partial charge in [0.15, 0.2) is 5.11 Å². The summed E-state index contributed by atoms with van der Waals surface area (Å²) in [5, 5.41) is 6.66.